The van der Waals surface area contributed by atoms with Gasteiger partial charge in [0.15, 0.2) is 5.17 Å². The quantitative estimate of drug-likeness (QED) is 0.904. The Balaban J connectivity index is 2.01. The zero-order valence-electron chi connectivity index (χ0n) is 10.9. The van der Waals surface area contributed by atoms with Gasteiger partial charge in [0, 0.05) is 11.3 Å². The number of amidine groups is 1. The Bertz CT molecular complexity index is 447. The topological polar surface area (TPSA) is 24.4 Å². The van der Waals surface area contributed by atoms with Crippen LogP contribution in [0.25, 0.3) is 0 Å². The van der Waals surface area contributed by atoms with Gasteiger partial charge in [-0.2, -0.15) is 0 Å². The number of rotatable bonds is 3. The Morgan fingerprint density at radius 3 is 3.06 bits per heavy atom. The number of hydrogen-bond acceptors (Lipinski definition) is 2. The summed E-state index contributed by atoms with van der Waals surface area (Å²) in [6.07, 6.45) is 2.25. The molecule has 0 aromatic heterocycles. The van der Waals surface area contributed by atoms with E-state index in [2.05, 4.69) is 24.2 Å². The van der Waals surface area contributed by atoms with Crippen LogP contribution in [0, 0.1) is 5.82 Å². The Labute approximate surface area is 112 Å². The molecule has 1 aromatic carbocycles. The van der Waals surface area contributed by atoms with Gasteiger partial charge in [-0.3, -0.25) is 4.99 Å². The van der Waals surface area contributed by atoms with E-state index in [0.29, 0.717) is 6.54 Å². The molecule has 98 valence electrons. The van der Waals surface area contributed by atoms with Gasteiger partial charge in [0.25, 0.3) is 0 Å². The van der Waals surface area contributed by atoms with Crippen LogP contribution in [0.5, 0.6) is 0 Å². The van der Waals surface area contributed by atoms with E-state index < -0.39 is 0 Å². The highest BCUT2D eigenvalue weighted by atomic mass is 32.2. The summed E-state index contributed by atoms with van der Waals surface area (Å²) in [5.41, 5.74) is 1.07. The summed E-state index contributed by atoms with van der Waals surface area (Å²) < 4.78 is 13.0. The average Bonchev–Trinajstić information content (AvgIpc) is 2.37. The van der Waals surface area contributed by atoms with Crippen molar-refractivity contribution in [2.75, 3.05) is 5.75 Å². The average molecular weight is 266 g/mol. The molecule has 1 unspecified atom stereocenters. The second kappa shape index (κ2) is 5.74. The number of hydrogen-bond donors (Lipinski definition) is 1. The number of benzene rings is 1. The fourth-order valence-electron chi connectivity index (χ4n) is 1.88. The molecule has 1 N–H and O–H groups in total. The lowest BCUT2D eigenvalue weighted by atomic mass is 9.96. The van der Waals surface area contributed by atoms with Crippen LogP contribution in [0.3, 0.4) is 0 Å². The largest absolute Gasteiger partial charge is 0.360 e. The van der Waals surface area contributed by atoms with Gasteiger partial charge < -0.3 is 5.32 Å². The van der Waals surface area contributed by atoms with Crippen LogP contribution >= 0.6 is 11.8 Å². The number of nitrogens with one attached hydrogen (secondary N) is 1. The van der Waals surface area contributed by atoms with E-state index in [1.165, 1.54) is 12.1 Å². The fraction of sp³-hybridized carbons (Fsp3) is 0.500. The molecule has 1 heterocycles. The second-order valence-electron chi connectivity index (χ2n) is 4.89. The van der Waals surface area contributed by atoms with E-state index >= 15 is 0 Å². The third-order valence-corrected chi connectivity index (χ3v) is 4.29. The zero-order chi connectivity index (χ0) is 13.0. The molecule has 2 nitrogen and oxygen atoms in total. The van der Waals surface area contributed by atoms with Crippen LogP contribution < -0.4 is 5.32 Å². The number of halogens is 1. The van der Waals surface area contributed by atoms with Gasteiger partial charge in [0.05, 0.1) is 6.54 Å². The van der Waals surface area contributed by atoms with Gasteiger partial charge in [-0.15, -0.1) is 0 Å². The first-order valence-corrected chi connectivity index (χ1v) is 7.30. The summed E-state index contributed by atoms with van der Waals surface area (Å²) in [7, 11) is 0. The van der Waals surface area contributed by atoms with Crippen molar-refractivity contribution in [1.82, 2.24) is 5.32 Å². The van der Waals surface area contributed by atoms with Crippen molar-refractivity contribution in [2.24, 2.45) is 4.99 Å². The van der Waals surface area contributed by atoms with Crippen molar-refractivity contribution in [3.63, 3.8) is 0 Å². The van der Waals surface area contributed by atoms with Crippen molar-refractivity contribution >= 4 is 16.9 Å². The molecule has 1 aliphatic heterocycles. The molecular weight excluding hydrogens is 247 g/mol. The van der Waals surface area contributed by atoms with E-state index in [9.17, 15) is 4.39 Å². The summed E-state index contributed by atoms with van der Waals surface area (Å²) in [5, 5.41) is 4.46. The van der Waals surface area contributed by atoms with E-state index in [0.717, 1.165) is 29.3 Å². The molecule has 18 heavy (non-hydrogen) atoms. The zero-order valence-corrected chi connectivity index (χ0v) is 11.7. The lowest BCUT2D eigenvalue weighted by Gasteiger charge is -2.35. The van der Waals surface area contributed by atoms with Gasteiger partial charge in [-0.1, -0.05) is 30.8 Å². The number of thioether (sulfide) groups is 1. The lowest BCUT2D eigenvalue weighted by Crippen LogP contribution is -2.48. The van der Waals surface area contributed by atoms with Gasteiger partial charge >= 0.3 is 0 Å². The standard InChI is InChI=1S/C14H19FN2S/c1-3-14(2)7-8-18-13(17-14)16-10-11-5-4-6-12(15)9-11/h4-6,9H,3,7-8,10H2,1-2H3,(H,16,17). The number of aliphatic imine (C=N–C) groups is 1. The highest BCUT2D eigenvalue weighted by Crippen LogP contribution is 2.25. The molecule has 1 aliphatic rings. The maximum absolute atomic E-state index is 13.0. The van der Waals surface area contributed by atoms with E-state index in [1.807, 2.05) is 6.07 Å². The van der Waals surface area contributed by atoms with E-state index in [-0.39, 0.29) is 11.4 Å². The van der Waals surface area contributed by atoms with Gasteiger partial charge in [-0.05, 0) is 37.5 Å². The van der Waals surface area contributed by atoms with Crippen molar-refractivity contribution in [3.05, 3.63) is 35.6 Å². The molecular formula is C14H19FN2S. The monoisotopic (exact) mass is 266 g/mol. The Morgan fingerprint density at radius 2 is 2.33 bits per heavy atom. The summed E-state index contributed by atoms with van der Waals surface area (Å²) >= 11 is 1.75. The molecule has 1 fully saturated rings. The molecule has 1 aromatic rings. The van der Waals surface area contributed by atoms with Crippen molar-refractivity contribution in [2.45, 2.75) is 38.8 Å². The van der Waals surface area contributed by atoms with Gasteiger partial charge in [0.1, 0.15) is 5.82 Å². The highest BCUT2D eigenvalue weighted by Gasteiger charge is 2.27. The van der Waals surface area contributed by atoms with Crippen LogP contribution in [-0.4, -0.2) is 16.5 Å². The minimum absolute atomic E-state index is 0.159. The summed E-state index contributed by atoms with van der Waals surface area (Å²) in [6, 6.07) is 6.62. The third kappa shape index (κ3) is 3.48. The Morgan fingerprint density at radius 1 is 1.50 bits per heavy atom. The summed E-state index contributed by atoms with van der Waals surface area (Å²) in [6.45, 7) is 4.95. The fourth-order valence-corrected chi connectivity index (χ4v) is 3.10. The predicted octanol–water partition coefficient (Wildman–Crippen LogP) is 3.58. The minimum atomic E-state index is -0.199. The van der Waals surface area contributed by atoms with Crippen LogP contribution in [-0.2, 0) is 6.54 Å². The molecule has 0 radical (unpaired) electrons. The van der Waals surface area contributed by atoms with Gasteiger partial charge in [0.2, 0.25) is 0 Å². The van der Waals surface area contributed by atoms with Crippen LogP contribution in [0.4, 0.5) is 4.39 Å². The van der Waals surface area contributed by atoms with Gasteiger partial charge in [-0.25, -0.2) is 4.39 Å². The Kier molecular flexibility index (Phi) is 4.27. The molecule has 2 rings (SSSR count). The summed E-state index contributed by atoms with van der Waals surface area (Å²) in [4.78, 5) is 4.54. The second-order valence-corrected chi connectivity index (χ2v) is 5.97. The molecule has 0 bridgehead atoms. The number of nitrogens with zero attached hydrogens (tertiary/aromatic N) is 1. The molecule has 0 amide bonds. The highest BCUT2D eigenvalue weighted by molar-refractivity contribution is 8.13. The van der Waals surface area contributed by atoms with Crippen molar-refractivity contribution < 1.29 is 4.39 Å². The molecule has 0 spiro atoms. The van der Waals surface area contributed by atoms with Crippen LogP contribution in [0.2, 0.25) is 0 Å². The maximum atomic E-state index is 13.0. The van der Waals surface area contributed by atoms with E-state index in [4.69, 9.17) is 0 Å². The van der Waals surface area contributed by atoms with Crippen molar-refractivity contribution in [3.8, 4) is 0 Å². The van der Waals surface area contributed by atoms with Crippen LogP contribution in [0.15, 0.2) is 29.3 Å². The molecule has 1 atom stereocenters. The first-order valence-electron chi connectivity index (χ1n) is 6.31. The third-order valence-electron chi connectivity index (χ3n) is 3.38. The summed E-state index contributed by atoms with van der Waals surface area (Å²) in [5.74, 6) is 0.898. The molecule has 0 saturated carbocycles. The van der Waals surface area contributed by atoms with Crippen LogP contribution in [0.1, 0.15) is 32.3 Å². The predicted molar refractivity (Wildman–Crippen MR) is 76.4 cm³/mol. The Hall–Kier alpha value is -1.03. The lowest BCUT2D eigenvalue weighted by molar-refractivity contribution is 0.390. The smallest absolute Gasteiger partial charge is 0.157 e. The maximum Gasteiger partial charge on any atom is 0.157 e. The minimum Gasteiger partial charge on any atom is -0.360 e. The van der Waals surface area contributed by atoms with E-state index in [1.54, 1.807) is 17.8 Å². The first-order chi connectivity index (χ1) is 8.61. The SMILES string of the molecule is CCC1(C)CCSC(=NCc2cccc(F)c2)N1. The molecule has 0 aliphatic carbocycles. The molecule has 1 saturated heterocycles. The normalized spacial score (nSPS) is 26.1. The van der Waals surface area contributed by atoms with Crippen molar-refractivity contribution in [1.29, 1.82) is 0 Å². The molecule has 4 heteroatoms. The first kappa shape index (κ1) is 13.4.